The summed E-state index contributed by atoms with van der Waals surface area (Å²) in [5, 5.41) is 14.8. The van der Waals surface area contributed by atoms with E-state index in [1.54, 1.807) is 24.3 Å². The second-order valence-corrected chi connectivity index (χ2v) is 5.35. The van der Waals surface area contributed by atoms with Crippen molar-refractivity contribution in [3.05, 3.63) is 65.2 Å². The first kappa shape index (κ1) is 17.0. The summed E-state index contributed by atoms with van der Waals surface area (Å²) in [5.41, 5.74) is 1.31. The summed E-state index contributed by atoms with van der Waals surface area (Å²) in [7, 11) is 0. The van der Waals surface area contributed by atoms with Gasteiger partial charge in [0.25, 0.3) is 0 Å². The summed E-state index contributed by atoms with van der Waals surface area (Å²) in [6, 6.07) is 15.2. The van der Waals surface area contributed by atoms with E-state index in [4.69, 9.17) is 16.7 Å². The molecule has 0 heterocycles. The maximum Gasteiger partial charge on any atom is 0.313 e. The minimum absolute atomic E-state index is 0.0986. The lowest BCUT2D eigenvalue weighted by Crippen LogP contribution is -2.38. The number of rotatable bonds is 5. The van der Waals surface area contributed by atoms with E-state index < -0.39 is 17.9 Å². The minimum atomic E-state index is -0.772. The number of carbonyl (C=O) groups excluding carboxylic acids is 2. The standard InChI is InChI=1S/C17H17ClN2O3/c18-13-6-8-14(9-7-13)19-16(22)17(23)20-15(10-11-21)12-4-2-1-3-5-12/h1-9,15,21H,10-11H2,(H,19,22)(H,20,23)/t15-/m1/s1. The number of halogens is 1. The molecule has 3 N–H and O–H groups in total. The minimum Gasteiger partial charge on any atom is -0.396 e. The van der Waals surface area contributed by atoms with Crippen LogP contribution in [0, 0.1) is 0 Å². The fourth-order valence-corrected chi connectivity index (χ4v) is 2.21. The Labute approximate surface area is 139 Å². The number of carbonyl (C=O) groups is 2. The molecule has 0 aliphatic carbocycles. The third-order valence-corrected chi connectivity index (χ3v) is 3.49. The van der Waals surface area contributed by atoms with Gasteiger partial charge in [0.2, 0.25) is 0 Å². The quantitative estimate of drug-likeness (QED) is 0.736. The van der Waals surface area contributed by atoms with E-state index in [2.05, 4.69) is 10.6 Å². The molecule has 0 unspecified atom stereocenters. The molecule has 2 aromatic carbocycles. The van der Waals surface area contributed by atoms with Crippen molar-refractivity contribution >= 4 is 29.1 Å². The zero-order chi connectivity index (χ0) is 16.7. The summed E-state index contributed by atoms with van der Waals surface area (Å²) >= 11 is 5.77. The summed E-state index contributed by atoms with van der Waals surface area (Å²) in [6.45, 7) is -0.0986. The Morgan fingerprint density at radius 3 is 2.26 bits per heavy atom. The van der Waals surface area contributed by atoms with E-state index in [-0.39, 0.29) is 6.61 Å². The molecule has 120 valence electrons. The van der Waals surface area contributed by atoms with Crippen molar-refractivity contribution in [1.29, 1.82) is 0 Å². The predicted molar refractivity (Wildman–Crippen MR) is 89.1 cm³/mol. The first-order chi connectivity index (χ1) is 11.1. The van der Waals surface area contributed by atoms with Crippen molar-refractivity contribution in [2.24, 2.45) is 0 Å². The maximum absolute atomic E-state index is 12.0. The smallest absolute Gasteiger partial charge is 0.313 e. The van der Waals surface area contributed by atoms with Crippen LogP contribution in [0.4, 0.5) is 5.69 Å². The SMILES string of the molecule is O=C(Nc1ccc(Cl)cc1)C(=O)N[C@H](CCO)c1ccccc1. The lowest BCUT2D eigenvalue weighted by molar-refractivity contribution is -0.136. The molecule has 6 heteroatoms. The average molecular weight is 333 g/mol. The molecule has 0 spiro atoms. The van der Waals surface area contributed by atoms with Crippen molar-refractivity contribution in [2.75, 3.05) is 11.9 Å². The van der Waals surface area contributed by atoms with Gasteiger partial charge in [0.15, 0.2) is 0 Å². The van der Waals surface area contributed by atoms with Gasteiger partial charge >= 0.3 is 11.8 Å². The number of nitrogens with one attached hydrogen (secondary N) is 2. The third-order valence-electron chi connectivity index (χ3n) is 3.23. The van der Waals surface area contributed by atoms with Crippen molar-refractivity contribution in [3.63, 3.8) is 0 Å². The number of hydrogen-bond acceptors (Lipinski definition) is 3. The molecular weight excluding hydrogens is 316 g/mol. The van der Waals surface area contributed by atoms with Gasteiger partial charge in [-0.25, -0.2) is 0 Å². The Kier molecular flexibility index (Phi) is 6.14. The van der Waals surface area contributed by atoms with E-state index in [9.17, 15) is 9.59 Å². The lowest BCUT2D eigenvalue weighted by atomic mass is 10.0. The number of benzene rings is 2. The van der Waals surface area contributed by atoms with Gasteiger partial charge in [-0.1, -0.05) is 41.9 Å². The molecule has 1 atom stereocenters. The number of anilines is 1. The van der Waals surface area contributed by atoms with Crippen LogP contribution in [0.25, 0.3) is 0 Å². The Hall–Kier alpha value is -2.37. The second-order valence-electron chi connectivity index (χ2n) is 4.91. The van der Waals surface area contributed by atoms with Crippen LogP contribution in [0.1, 0.15) is 18.0 Å². The van der Waals surface area contributed by atoms with E-state index in [0.29, 0.717) is 17.1 Å². The van der Waals surface area contributed by atoms with Crippen LogP contribution in [0.2, 0.25) is 5.02 Å². The number of aliphatic hydroxyl groups is 1. The fraction of sp³-hybridized carbons (Fsp3) is 0.176. The normalized spacial score (nSPS) is 11.6. The molecule has 0 fully saturated rings. The zero-order valence-electron chi connectivity index (χ0n) is 12.3. The highest BCUT2D eigenvalue weighted by Gasteiger charge is 2.19. The van der Waals surface area contributed by atoms with Gasteiger partial charge in [0.1, 0.15) is 0 Å². The van der Waals surface area contributed by atoms with Gasteiger partial charge in [-0.05, 0) is 36.2 Å². The topological polar surface area (TPSA) is 78.4 Å². The molecule has 5 nitrogen and oxygen atoms in total. The van der Waals surface area contributed by atoms with Gasteiger partial charge in [-0.15, -0.1) is 0 Å². The van der Waals surface area contributed by atoms with Crippen LogP contribution in [0.15, 0.2) is 54.6 Å². The predicted octanol–water partition coefficient (Wildman–Crippen LogP) is 2.52. The summed E-state index contributed by atoms with van der Waals surface area (Å²) < 4.78 is 0. The summed E-state index contributed by atoms with van der Waals surface area (Å²) in [4.78, 5) is 24.0. The van der Waals surface area contributed by atoms with Crippen LogP contribution in [-0.4, -0.2) is 23.5 Å². The molecule has 0 aliphatic heterocycles. The Morgan fingerprint density at radius 1 is 1.00 bits per heavy atom. The molecule has 0 radical (unpaired) electrons. The highest BCUT2D eigenvalue weighted by atomic mass is 35.5. The molecule has 2 amide bonds. The molecule has 0 aromatic heterocycles. The molecule has 23 heavy (non-hydrogen) atoms. The third kappa shape index (κ3) is 5.09. The molecule has 0 bridgehead atoms. The van der Waals surface area contributed by atoms with Crippen LogP contribution in [-0.2, 0) is 9.59 Å². The monoisotopic (exact) mass is 332 g/mol. The zero-order valence-corrected chi connectivity index (χ0v) is 13.1. The number of aliphatic hydroxyl groups excluding tert-OH is 1. The summed E-state index contributed by atoms with van der Waals surface area (Å²) in [5.74, 6) is -1.53. The Balaban J connectivity index is 2.00. The van der Waals surface area contributed by atoms with E-state index in [1.807, 2.05) is 30.3 Å². The highest BCUT2D eigenvalue weighted by Crippen LogP contribution is 2.16. The van der Waals surface area contributed by atoms with Crippen molar-refractivity contribution < 1.29 is 14.7 Å². The largest absolute Gasteiger partial charge is 0.396 e. The van der Waals surface area contributed by atoms with E-state index in [1.165, 1.54) is 0 Å². The van der Waals surface area contributed by atoms with Crippen LogP contribution < -0.4 is 10.6 Å². The fourth-order valence-electron chi connectivity index (χ4n) is 2.08. The number of hydrogen-bond donors (Lipinski definition) is 3. The number of amides is 2. The molecule has 2 rings (SSSR count). The van der Waals surface area contributed by atoms with Crippen molar-refractivity contribution in [1.82, 2.24) is 5.32 Å². The Morgan fingerprint density at radius 2 is 1.65 bits per heavy atom. The van der Waals surface area contributed by atoms with E-state index in [0.717, 1.165) is 5.56 Å². The molecule has 0 saturated carbocycles. The first-order valence-electron chi connectivity index (χ1n) is 7.13. The van der Waals surface area contributed by atoms with Gasteiger partial charge in [0, 0.05) is 17.3 Å². The maximum atomic E-state index is 12.0. The average Bonchev–Trinajstić information content (AvgIpc) is 2.57. The first-order valence-corrected chi connectivity index (χ1v) is 7.51. The molecule has 0 aliphatic rings. The molecule has 0 saturated heterocycles. The van der Waals surface area contributed by atoms with Gasteiger partial charge in [0.05, 0.1) is 6.04 Å². The van der Waals surface area contributed by atoms with E-state index >= 15 is 0 Å². The van der Waals surface area contributed by atoms with Crippen molar-refractivity contribution in [2.45, 2.75) is 12.5 Å². The Bertz CT molecular complexity index is 659. The second kappa shape index (κ2) is 8.31. The highest BCUT2D eigenvalue weighted by molar-refractivity contribution is 6.39. The van der Waals surface area contributed by atoms with Crippen LogP contribution >= 0.6 is 11.6 Å². The van der Waals surface area contributed by atoms with Crippen LogP contribution in [0.3, 0.4) is 0 Å². The lowest BCUT2D eigenvalue weighted by Gasteiger charge is -2.18. The van der Waals surface area contributed by atoms with Crippen molar-refractivity contribution in [3.8, 4) is 0 Å². The summed E-state index contributed by atoms with van der Waals surface area (Å²) in [6.07, 6.45) is 0.323. The van der Waals surface area contributed by atoms with Crippen LogP contribution in [0.5, 0.6) is 0 Å². The molecule has 2 aromatic rings. The van der Waals surface area contributed by atoms with Gasteiger partial charge in [-0.2, -0.15) is 0 Å². The molecular formula is C17H17ClN2O3. The van der Waals surface area contributed by atoms with Gasteiger partial charge < -0.3 is 15.7 Å². The van der Waals surface area contributed by atoms with Gasteiger partial charge in [-0.3, -0.25) is 9.59 Å².